The zero-order chi connectivity index (χ0) is 17.1. The number of ether oxygens (including phenoxy) is 2. The molecular formula is C20H20O4. The van der Waals surface area contributed by atoms with Crippen LogP contribution in [0.1, 0.15) is 58.5 Å². The molecule has 0 spiro atoms. The normalized spacial score (nSPS) is 12.6. The van der Waals surface area contributed by atoms with Gasteiger partial charge in [-0.25, -0.2) is 0 Å². The van der Waals surface area contributed by atoms with Crippen molar-refractivity contribution in [3.8, 4) is 11.5 Å². The first kappa shape index (κ1) is 16.2. The Morgan fingerprint density at radius 2 is 1.12 bits per heavy atom. The van der Waals surface area contributed by atoms with Crippen LogP contribution in [0.3, 0.4) is 0 Å². The first-order chi connectivity index (χ1) is 11.7. The van der Waals surface area contributed by atoms with Crippen molar-refractivity contribution < 1.29 is 19.1 Å². The van der Waals surface area contributed by atoms with Gasteiger partial charge in [-0.3, -0.25) is 9.59 Å². The van der Waals surface area contributed by atoms with Crippen molar-refractivity contribution in [2.45, 2.75) is 26.7 Å². The summed E-state index contributed by atoms with van der Waals surface area (Å²) in [5.74, 6) is 0.522. The Labute approximate surface area is 141 Å². The van der Waals surface area contributed by atoms with Gasteiger partial charge < -0.3 is 9.47 Å². The van der Waals surface area contributed by atoms with Gasteiger partial charge in [0.15, 0.2) is 11.6 Å². The first-order valence-corrected chi connectivity index (χ1v) is 8.30. The molecule has 0 radical (unpaired) electrons. The molecule has 0 bridgehead atoms. The lowest BCUT2D eigenvalue weighted by atomic mass is 9.83. The molecule has 0 aromatic heterocycles. The Bertz CT molecular complexity index is 726. The Balaban J connectivity index is 2.18. The van der Waals surface area contributed by atoms with Crippen LogP contribution in [0.15, 0.2) is 36.4 Å². The highest BCUT2D eigenvalue weighted by Crippen LogP contribution is 2.38. The summed E-state index contributed by atoms with van der Waals surface area (Å²) in [5.41, 5.74) is 1.48. The van der Waals surface area contributed by atoms with Gasteiger partial charge in [-0.05, 0) is 25.0 Å². The molecule has 0 saturated carbocycles. The van der Waals surface area contributed by atoms with Gasteiger partial charge in [0.25, 0.3) is 0 Å². The summed E-state index contributed by atoms with van der Waals surface area (Å²) in [6, 6.07) is 10.3. The van der Waals surface area contributed by atoms with E-state index in [-0.39, 0.29) is 11.6 Å². The van der Waals surface area contributed by atoms with Crippen molar-refractivity contribution in [2.24, 2.45) is 0 Å². The molecule has 0 N–H and O–H groups in total. The van der Waals surface area contributed by atoms with Crippen molar-refractivity contribution in [1.29, 1.82) is 0 Å². The molecule has 0 saturated heterocycles. The van der Waals surface area contributed by atoms with E-state index in [1.54, 1.807) is 36.4 Å². The molecular weight excluding hydrogens is 304 g/mol. The third-order valence-corrected chi connectivity index (χ3v) is 3.92. The molecule has 4 nitrogen and oxygen atoms in total. The van der Waals surface area contributed by atoms with E-state index in [9.17, 15) is 9.59 Å². The number of fused-ring (bicyclic) bond motifs is 2. The fraction of sp³-hybridized carbons (Fsp3) is 0.300. The number of benzene rings is 2. The van der Waals surface area contributed by atoms with Crippen LogP contribution < -0.4 is 9.47 Å². The van der Waals surface area contributed by atoms with Gasteiger partial charge in [0, 0.05) is 11.1 Å². The second-order valence-electron chi connectivity index (χ2n) is 5.71. The molecule has 0 heterocycles. The van der Waals surface area contributed by atoms with Crippen LogP contribution in [-0.4, -0.2) is 24.8 Å². The molecule has 1 aliphatic rings. The van der Waals surface area contributed by atoms with E-state index in [4.69, 9.17) is 9.47 Å². The number of hydrogen-bond donors (Lipinski definition) is 0. The molecule has 0 fully saturated rings. The SMILES string of the molecule is CCCOc1ccc(OCCC)c2c1C(=O)c1ccccc1C2=O. The molecule has 0 aliphatic heterocycles. The van der Waals surface area contributed by atoms with Crippen molar-refractivity contribution >= 4 is 11.6 Å². The second-order valence-corrected chi connectivity index (χ2v) is 5.71. The van der Waals surface area contributed by atoms with Crippen LogP contribution >= 0.6 is 0 Å². The third-order valence-electron chi connectivity index (χ3n) is 3.92. The molecule has 0 atom stereocenters. The summed E-state index contributed by atoms with van der Waals surface area (Å²) < 4.78 is 11.4. The summed E-state index contributed by atoms with van der Waals surface area (Å²) in [4.78, 5) is 26.0. The van der Waals surface area contributed by atoms with Crippen LogP contribution in [0, 0.1) is 0 Å². The quantitative estimate of drug-likeness (QED) is 0.686. The van der Waals surface area contributed by atoms with Gasteiger partial charge in [-0.1, -0.05) is 38.1 Å². The van der Waals surface area contributed by atoms with Crippen LogP contribution in [0.4, 0.5) is 0 Å². The van der Waals surface area contributed by atoms with E-state index in [1.807, 2.05) is 13.8 Å². The van der Waals surface area contributed by atoms with Gasteiger partial charge in [0.05, 0.1) is 24.3 Å². The minimum absolute atomic E-state index is 0.187. The van der Waals surface area contributed by atoms with Crippen molar-refractivity contribution in [2.75, 3.05) is 13.2 Å². The predicted molar refractivity (Wildman–Crippen MR) is 91.3 cm³/mol. The maximum Gasteiger partial charge on any atom is 0.198 e. The van der Waals surface area contributed by atoms with E-state index in [0.29, 0.717) is 47.0 Å². The highest BCUT2D eigenvalue weighted by Gasteiger charge is 2.35. The Morgan fingerprint density at radius 3 is 1.50 bits per heavy atom. The van der Waals surface area contributed by atoms with Crippen molar-refractivity contribution in [3.05, 3.63) is 58.7 Å². The van der Waals surface area contributed by atoms with Crippen molar-refractivity contribution in [3.63, 3.8) is 0 Å². The molecule has 124 valence electrons. The first-order valence-electron chi connectivity index (χ1n) is 8.30. The standard InChI is InChI=1S/C20H20O4/c1-3-11-23-15-9-10-16(24-12-4-2)18-17(15)19(21)13-7-5-6-8-14(13)20(18)22/h5-10H,3-4,11-12H2,1-2H3. The van der Waals surface area contributed by atoms with Gasteiger partial charge in [0.1, 0.15) is 11.5 Å². The summed E-state index contributed by atoms with van der Waals surface area (Å²) in [5, 5.41) is 0. The summed E-state index contributed by atoms with van der Waals surface area (Å²) in [7, 11) is 0. The lowest BCUT2D eigenvalue weighted by molar-refractivity contribution is 0.0972. The largest absolute Gasteiger partial charge is 0.493 e. The highest BCUT2D eigenvalue weighted by molar-refractivity contribution is 6.30. The Kier molecular flexibility index (Phi) is 4.65. The fourth-order valence-electron chi connectivity index (χ4n) is 2.83. The lowest BCUT2D eigenvalue weighted by Crippen LogP contribution is -2.23. The average molecular weight is 324 g/mol. The Morgan fingerprint density at radius 1 is 0.708 bits per heavy atom. The van der Waals surface area contributed by atoms with E-state index in [0.717, 1.165) is 12.8 Å². The zero-order valence-electron chi connectivity index (χ0n) is 13.9. The topological polar surface area (TPSA) is 52.6 Å². The summed E-state index contributed by atoms with van der Waals surface area (Å²) in [6.45, 7) is 4.97. The summed E-state index contributed by atoms with van der Waals surface area (Å²) in [6.07, 6.45) is 1.64. The van der Waals surface area contributed by atoms with Crippen LogP contribution in [0.25, 0.3) is 0 Å². The van der Waals surface area contributed by atoms with Crippen LogP contribution in [0.5, 0.6) is 11.5 Å². The molecule has 2 aromatic carbocycles. The minimum Gasteiger partial charge on any atom is -0.493 e. The number of carbonyl (C=O) groups is 2. The number of ketones is 2. The number of rotatable bonds is 6. The molecule has 3 rings (SSSR count). The van der Waals surface area contributed by atoms with Gasteiger partial charge >= 0.3 is 0 Å². The van der Waals surface area contributed by atoms with E-state index in [2.05, 4.69) is 0 Å². The average Bonchev–Trinajstić information content (AvgIpc) is 2.62. The van der Waals surface area contributed by atoms with Gasteiger partial charge in [-0.2, -0.15) is 0 Å². The maximum absolute atomic E-state index is 13.0. The zero-order valence-corrected chi connectivity index (χ0v) is 13.9. The molecule has 2 aromatic rings. The lowest BCUT2D eigenvalue weighted by Gasteiger charge is -2.22. The van der Waals surface area contributed by atoms with Gasteiger partial charge in [-0.15, -0.1) is 0 Å². The van der Waals surface area contributed by atoms with E-state index >= 15 is 0 Å². The second kappa shape index (κ2) is 6.87. The van der Waals surface area contributed by atoms with Crippen molar-refractivity contribution in [1.82, 2.24) is 0 Å². The summed E-state index contributed by atoms with van der Waals surface area (Å²) >= 11 is 0. The highest BCUT2D eigenvalue weighted by atomic mass is 16.5. The molecule has 1 aliphatic carbocycles. The van der Waals surface area contributed by atoms with Gasteiger partial charge in [0.2, 0.25) is 0 Å². The number of hydrogen-bond acceptors (Lipinski definition) is 4. The van der Waals surface area contributed by atoms with E-state index in [1.165, 1.54) is 0 Å². The Hall–Kier alpha value is -2.62. The van der Waals surface area contributed by atoms with Crippen LogP contribution in [0.2, 0.25) is 0 Å². The number of carbonyl (C=O) groups excluding carboxylic acids is 2. The minimum atomic E-state index is -0.187. The maximum atomic E-state index is 13.0. The predicted octanol–water partition coefficient (Wildman–Crippen LogP) is 4.04. The third kappa shape index (κ3) is 2.68. The smallest absolute Gasteiger partial charge is 0.198 e. The molecule has 24 heavy (non-hydrogen) atoms. The molecule has 0 amide bonds. The molecule has 4 heteroatoms. The van der Waals surface area contributed by atoms with E-state index < -0.39 is 0 Å². The monoisotopic (exact) mass is 324 g/mol. The van der Waals surface area contributed by atoms with Crippen LogP contribution in [-0.2, 0) is 0 Å². The molecule has 0 unspecified atom stereocenters. The fourth-order valence-corrected chi connectivity index (χ4v) is 2.83.